The molecule has 0 aliphatic carbocycles. The fraction of sp³-hybridized carbons (Fsp3) is 0.679. The highest BCUT2D eigenvalue weighted by Gasteiger charge is 2.16. The van der Waals surface area contributed by atoms with Gasteiger partial charge in [-0.3, -0.25) is 9.36 Å². The van der Waals surface area contributed by atoms with Gasteiger partial charge in [-0.25, -0.2) is 0 Å². The first-order valence-corrected chi connectivity index (χ1v) is 14.9. The molecule has 0 heterocycles. The molecule has 9 heteroatoms. The first-order chi connectivity index (χ1) is 17.6. The van der Waals surface area contributed by atoms with Crippen LogP contribution < -0.4 is 4.89 Å². The summed E-state index contributed by atoms with van der Waals surface area (Å²) in [5.41, 5.74) is 0. The van der Waals surface area contributed by atoms with Crippen molar-refractivity contribution in [2.75, 3.05) is 47.5 Å². The number of esters is 1. The minimum absolute atomic E-state index is 0.0162. The molecule has 0 aromatic carbocycles. The number of allylic oxidation sites excluding steroid dienone is 8. The van der Waals surface area contributed by atoms with Crippen molar-refractivity contribution in [3.8, 4) is 0 Å². The molecule has 0 saturated heterocycles. The Morgan fingerprint density at radius 1 is 0.865 bits per heavy atom. The standard InChI is InChI=1S/C28H50NO7P/c1-5-6-7-8-9-10-11-12-13-14-15-16-17-18-19-20-21-22-28(31)34-25-27(30)26-36-37(32,33)35-24-23-29(2,3)4/h7-8,10-11,13-14,16-17,27,30H,5-6,9,12,15,18-26H2,1-4H3/b8-7+,11-10+,14-13+,17-16+/t27-/m1/s1. The number of carbonyl (C=O) groups is 1. The molecule has 1 N–H and O–H groups in total. The monoisotopic (exact) mass is 543 g/mol. The van der Waals surface area contributed by atoms with Crippen LogP contribution in [0.15, 0.2) is 48.6 Å². The van der Waals surface area contributed by atoms with E-state index in [0.29, 0.717) is 17.4 Å². The van der Waals surface area contributed by atoms with Crippen LogP contribution in [0.3, 0.4) is 0 Å². The second-order valence-electron chi connectivity index (χ2n) is 9.91. The van der Waals surface area contributed by atoms with Gasteiger partial charge in [0, 0.05) is 6.42 Å². The third kappa shape index (κ3) is 27.3. The Morgan fingerprint density at radius 2 is 1.43 bits per heavy atom. The minimum atomic E-state index is -4.50. The summed E-state index contributed by atoms with van der Waals surface area (Å²) in [6.07, 6.45) is 25.3. The zero-order chi connectivity index (χ0) is 27.8. The Balaban J connectivity index is 3.71. The van der Waals surface area contributed by atoms with Crippen LogP contribution in [-0.4, -0.2) is 69.2 Å². The average Bonchev–Trinajstić information content (AvgIpc) is 2.82. The lowest BCUT2D eigenvalue weighted by atomic mass is 10.1. The summed E-state index contributed by atoms with van der Waals surface area (Å²) >= 11 is 0. The number of ether oxygens (including phenoxy) is 1. The van der Waals surface area contributed by atoms with E-state index < -0.39 is 26.5 Å². The molecule has 0 spiro atoms. The van der Waals surface area contributed by atoms with Crippen molar-refractivity contribution in [1.29, 1.82) is 0 Å². The number of phosphoric ester groups is 1. The van der Waals surface area contributed by atoms with Gasteiger partial charge in [-0.2, -0.15) is 0 Å². The summed E-state index contributed by atoms with van der Waals surface area (Å²) in [5.74, 6) is -0.421. The molecule has 0 fully saturated rings. The van der Waals surface area contributed by atoms with E-state index in [9.17, 15) is 19.4 Å². The van der Waals surface area contributed by atoms with Gasteiger partial charge < -0.3 is 28.3 Å². The van der Waals surface area contributed by atoms with Crippen LogP contribution in [-0.2, 0) is 23.1 Å². The van der Waals surface area contributed by atoms with Crippen molar-refractivity contribution >= 4 is 13.8 Å². The molecule has 0 rings (SSSR count). The largest absolute Gasteiger partial charge is 0.756 e. The highest BCUT2D eigenvalue weighted by atomic mass is 31.2. The molecule has 1 unspecified atom stereocenters. The van der Waals surface area contributed by atoms with Crippen LogP contribution >= 0.6 is 7.82 Å². The smallest absolute Gasteiger partial charge is 0.305 e. The normalized spacial score (nSPS) is 15.3. The van der Waals surface area contributed by atoms with Crippen LogP contribution in [0.5, 0.6) is 0 Å². The highest BCUT2D eigenvalue weighted by molar-refractivity contribution is 7.45. The Morgan fingerprint density at radius 3 is 2.00 bits per heavy atom. The van der Waals surface area contributed by atoms with Crippen LogP contribution in [0.4, 0.5) is 0 Å². The molecule has 0 radical (unpaired) electrons. The van der Waals surface area contributed by atoms with Gasteiger partial charge in [0.05, 0.1) is 27.7 Å². The molecule has 0 bridgehead atoms. The number of aliphatic hydroxyl groups excluding tert-OH is 1. The number of hydrogen-bond acceptors (Lipinski definition) is 7. The minimum Gasteiger partial charge on any atom is -0.756 e. The van der Waals surface area contributed by atoms with Crippen molar-refractivity contribution < 1.29 is 37.6 Å². The summed E-state index contributed by atoms with van der Waals surface area (Å²) < 4.78 is 26.6. The Labute approximate surface area is 224 Å². The number of rotatable bonds is 23. The van der Waals surface area contributed by atoms with Gasteiger partial charge in [0.1, 0.15) is 25.9 Å². The summed E-state index contributed by atoms with van der Waals surface area (Å²) in [5, 5.41) is 9.80. The lowest BCUT2D eigenvalue weighted by molar-refractivity contribution is -0.870. The van der Waals surface area contributed by atoms with E-state index in [1.54, 1.807) is 0 Å². The lowest BCUT2D eigenvalue weighted by Crippen LogP contribution is -2.37. The van der Waals surface area contributed by atoms with Crippen LogP contribution in [0.1, 0.15) is 71.1 Å². The number of nitrogens with zero attached hydrogens (tertiary/aromatic N) is 1. The summed E-state index contributed by atoms with van der Waals surface area (Å²) in [6.45, 7) is 1.81. The van der Waals surface area contributed by atoms with Crippen LogP contribution in [0.2, 0.25) is 0 Å². The average molecular weight is 544 g/mol. The van der Waals surface area contributed by atoms with Crippen molar-refractivity contribution in [2.24, 2.45) is 0 Å². The first kappa shape index (κ1) is 35.5. The summed E-state index contributed by atoms with van der Waals surface area (Å²) in [4.78, 5) is 23.5. The van der Waals surface area contributed by atoms with Gasteiger partial charge in [0.25, 0.3) is 7.82 Å². The maximum Gasteiger partial charge on any atom is 0.305 e. The van der Waals surface area contributed by atoms with Gasteiger partial charge >= 0.3 is 5.97 Å². The number of aliphatic hydroxyl groups is 1. The van der Waals surface area contributed by atoms with Crippen molar-refractivity contribution in [1.82, 2.24) is 0 Å². The van der Waals surface area contributed by atoms with E-state index in [4.69, 9.17) is 9.26 Å². The van der Waals surface area contributed by atoms with Gasteiger partial charge in [-0.05, 0) is 44.9 Å². The summed E-state index contributed by atoms with van der Waals surface area (Å²) in [6, 6.07) is 0. The number of likely N-dealkylation sites (N-methyl/N-ethyl adjacent to an activating group) is 1. The van der Waals surface area contributed by atoms with Crippen molar-refractivity contribution in [3.63, 3.8) is 0 Å². The molecule has 214 valence electrons. The second-order valence-corrected chi connectivity index (χ2v) is 11.3. The Bertz CT molecular complexity index is 741. The van der Waals surface area contributed by atoms with Gasteiger partial charge in [-0.15, -0.1) is 0 Å². The van der Waals surface area contributed by atoms with Gasteiger partial charge in [-0.1, -0.05) is 68.4 Å². The quantitative estimate of drug-likeness (QED) is 0.0617. The van der Waals surface area contributed by atoms with Crippen LogP contribution in [0.25, 0.3) is 0 Å². The second kappa shape index (κ2) is 22.4. The fourth-order valence-electron chi connectivity index (χ4n) is 2.87. The molecule has 0 amide bonds. The van der Waals surface area contributed by atoms with Gasteiger partial charge in [0.15, 0.2) is 0 Å². The molecule has 0 aliphatic heterocycles. The number of quaternary nitrogens is 1. The molecular weight excluding hydrogens is 493 g/mol. The van der Waals surface area contributed by atoms with E-state index in [1.165, 1.54) is 6.42 Å². The number of carbonyl (C=O) groups excluding carboxylic acids is 1. The van der Waals surface area contributed by atoms with Crippen molar-refractivity contribution in [2.45, 2.75) is 77.2 Å². The highest BCUT2D eigenvalue weighted by Crippen LogP contribution is 2.38. The number of unbranched alkanes of at least 4 members (excludes halogenated alkanes) is 4. The maximum absolute atomic E-state index is 11.8. The summed E-state index contributed by atoms with van der Waals surface area (Å²) in [7, 11) is 1.22. The molecule has 37 heavy (non-hydrogen) atoms. The van der Waals surface area contributed by atoms with E-state index in [2.05, 4.69) is 60.1 Å². The molecule has 2 atom stereocenters. The predicted octanol–water partition coefficient (Wildman–Crippen LogP) is 5.24. The molecule has 0 aliphatic rings. The SMILES string of the molecule is CCC/C=C/C/C=C/C/C=C/C/C=C/CCCCCC(=O)OC[C@@H](O)COP(=O)([O-])OCC[N+](C)(C)C. The van der Waals surface area contributed by atoms with E-state index in [0.717, 1.165) is 44.9 Å². The topological polar surface area (TPSA) is 105 Å². The zero-order valence-electron chi connectivity index (χ0n) is 23.4. The molecule has 0 aromatic rings. The Kier molecular flexibility index (Phi) is 21.5. The van der Waals surface area contributed by atoms with Gasteiger partial charge in [0.2, 0.25) is 0 Å². The fourth-order valence-corrected chi connectivity index (χ4v) is 3.61. The Hall–Kier alpha value is -1.54. The molecule has 0 saturated carbocycles. The number of hydrogen-bond donors (Lipinski definition) is 1. The van der Waals surface area contributed by atoms with Crippen LogP contribution in [0, 0.1) is 0 Å². The van der Waals surface area contributed by atoms with E-state index in [-0.39, 0.29) is 19.6 Å². The van der Waals surface area contributed by atoms with Crippen molar-refractivity contribution in [3.05, 3.63) is 48.6 Å². The molecular formula is C28H50NO7P. The predicted molar refractivity (Wildman–Crippen MR) is 148 cm³/mol. The van der Waals surface area contributed by atoms with E-state index >= 15 is 0 Å². The third-order valence-electron chi connectivity index (χ3n) is 5.06. The number of phosphoric acid groups is 1. The van der Waals surface area contributed by atoms with E-state index in [1.807, 2.05) is 21.1 Å². The lowest BCUT2D eigenvalue weighted by Gasteiger charge is -2.27. The molecule has 0 aromatic heterocycles. The first-order valence-electron chi connectivity index (χ1n) is 13.4. The maximum atomic E-state index is 11.8. The molecule has 8 nitrogen and oxygen atoms in total. The third-order valence-corrected chi connectivity index (χ3v) is 6.03. The zero-order valence-corrected chi connectivity index (χ0v) is 24.3.